The molecule has 0 spiro atoms. The van der Waals surface area contributed by atoms with E-state index in [0.29, 0.717) is 22.1 Å². The Hall–Kier alpha value is -3.90. The number of carbonyl (C=O) groups is 1. The molecule has 0 aliphatic heterocycles. The molecule has 3 aromatic heterocycles. The normalized spacial score (nSPS) is 10.8. The van der Waals surface area contributed by atoms with Crippen molar-refractivity contribution in [3.63, 3.8) is 0 Å². The first-order valence-corrected chi connectivity index (χ1v) is 10.3. The molecule has 0 unspecified atom stereocenters. The minimum absolute atomic E-state index is 0.00732. The Morgan fingerprint density at radius 2 is 2.03 bits per heavy atom. The number of amides is 1. The molecule has 4 aromatic rings. The number of benzene rings is 1. The van der Waals surface area contributed by atoms with Crippen LogP contribution in [0.5, 0.6) is 0 Å². The molecular formula is C22H17FN6OS. The third-order valence-electron chi connectivity index (χ3n) is 4.53. The minimum atomic E-state index is -0.457. The molecule has 0 aliphatic carbocycles. The first-order chi connectivity index (χ1) is 15.0. The molecule has 31 heavy (non-hydrogen) atoms. The Balaban J connectivity index is 1.66. The fourth-order valence-corrected chi connectivity index (χ4v) is 3.67. The van der Waals surface area contributed by atoms with Crippen molar-refractivity contribution in [2.45, 2.75) is 19.9 Å². The van der Waals surface area contributed by atoms with E-state index in [4.69, 9.17) is 0 Å². The van der Waals surface area contributed by atoms with Crippen molar-refractivity contribution < 1.29 is 9.18 Å². The molecule has 0 fully saturated rings. The summed E-state index contributed by atoms with van der Waals surface area (Å²) >= 11 is 1.21. The maximum absolute atomic E-state index is 14.4. The van der Waals surface area contributed by atoms with E-state index >= 15 is 0 Å². The predicted octanol–water partition coefficient (Wildman–Crippen LogP) is 4.91. The highest BCUT2D eigenvalue weighted by molar-refractivity contribution is 7.14. The number of nitrogens with zero attached hydrogens (tertiary/aromatic N) is 5. The van der Waals surface area contributed by atoms with Crippen LogP contribution in [0.15, 0.2) is 54.2 Å². The highest BCUT2D eigenvalue weighted by Gasteiger charge is 2.22. The summed E-state index contributed by atoms with van der Waals surface area (Å²) in [6, 6.07) is 11.6. The number of thiazole rings is 1. The second kappa shape index (κ2) is 8.45. The van der Waals surface area contributed by atoms with Gasteiger partial charge in [0.05, 0.1) is 11.1 Å². The Kier molecular flexibility index (Phi) is 5.56. The number of pyridine rings is 1. The summed E-state index contributed by atoms with van der Waals surface area (Å²) in [6.07, 6.45) is 3.18. The van der Waals surface area contributed by atoms with E-state index in [1.165, 1.54) is 17.4 Å². The molecule has 0 saturated carbocycles. The van der Waals surface area contributed by atoms with Gasteiger partial charge < -0.3 is 0 Å². The summed E-state index contributed by atoms with van der Waals surface area (Å²) in [5, 5.41) is 18.5. The Labute approximate surface area is 181 Å². The number of hydrogen-bond donors (Lipinski definition) is 1. The molecule has 1 N–H and O–H groups in total. The van der Waals surface area contributed by atoms with Crippen molar-refractivity contribution in [2.24, 2.45) is 0 Å². The van der Waals surface area contributed by atoms with Gasteiger partial charge in [-0.2, -0.15) is 10.4 Å². The lowest BCUT2D eigenvalue weighted by Gasteiger charge is -2.04. The fourth-order valence-electron chi connectivity index (χ4n) is 2.98. The van der Waals surface area contributed by atoms with Crippen molar-refractivity contribution in [2.75, 3.05) is 5.32 Å². The van der Waals surface area contributed by atoms with E-state index in [2.05, 4.69) is 26.5 Å². The third kappa shape index (κ3) is 4.06. The van der Waals surface area contributed by atoms with Gasteiger partial charge in [-0.25, -0.2) is 9.37 Å². The van der Waals surface area contributed by atoms with Gasteiger partial charge in [-0.1, -0.05) is 12.1 Å². The van der Waals surface area contributed by atoms with Crippen LogP contribution in [-0.4, -0.2) is 25.7 Å². The molecule has 154 valence electrons. The van der Waals surface area contributed by atoms with Crippen LogP contribution < -0.4 is 5.32 Å². The maximum Gasteiger partial charge on any atom is 0.261 e. The summed E-state index contributed by atoms with van der Waals surface area (Å²) in [5.41, 5.74) is 2.08. The van der Waals surface area contributed by atoms with Gasteiger partial charge in [0, 0.05) is 29.4 Å². The number of nitrogens with one attached hydrogen (secondary N) is 1. The van der Waals surface area contributed by atoms with Crippen molar-refractivity contribution in [3.8, 4) is 28.7 Å². The summed E-state index contributed by atoms with van der Waals surface area (Å²) in [4.78, 5) is 21.6. The van der Waals surface area contributed by atoms with E-state index < -0.39 is 11.7 Å². The number of nitriles is 1. The van der Waals surface area contributed by atoms with Crippen LogP contribution in [0.3, 0.4) is 0 Å². The lowest BCUT2D eigenvalue weighted by atomic mass is 10.1. The molecule has 0 aliphatic rings. The number of rotatable bonds is 5. The fraction of sp³-hybridized carbons (Fsp3) is 0.136. The van der Waals surface area contributed by atoms with Gasteiger partial charge >= 0.3 is 0 Å². The number of aromatic nitrogens is 4. The van der Waals surface area contributed by atoms with Gasteiger partial charge in [0.2, 0.25) is 0 Å². The van der Waals surface area contributed by atoms with Crippen LogP contribution in [0.2, 0.25) is 0 Å². The smallest absolute Gasteiger partial charge is 0.261 e. The Morgan fingerprint density at radius 3 is 2.77 bits per heavy atom. The van der Waals surface area contributed by atoms with E-state index in [9.17, 15) is 14.4 Å². The SMILES string of the molecule is CC(C)n1cc(C(=O)Nc2nc(-c3ncccc3C#N)cs2)c(-c2ccccc2F)n1. The van der Waals surface area contributed by atoms with Crippen LogP contribution in [0.4, 0.5) is 9.52 Å². The number of halogens is 1. The molecular weight excluding hydrogens is 415 g/mol. The van der Waals surface area contributed by atoms with Crippen molar-refractivity contribution in [1.29, 1.82) is 5.26 Å². The van der Waals surface area contributed by atoms with Gasteiger partial charge in [-0.3, -0.25) is 19.8 Å². The first kappa shape index (κ1) is 20.4. The quantitative estimate of drug-likeness (QED) is 0.483. The largest absolute Gasteiger partial charge is 0.298 e. The summed E-state index contributed by atoms with van der Waals surface area (Å²) in [5.74, 6) is -0.908. The van der Waals surface area contributed by atoms with Gasteiger partial charge in [-0.05, 0) is 38.1 Å². The summed E-state index contributed by atoms with van der Waals surface area (Å²) < 4.78 is 16.0. The van der Waals surface area contributed by atoms with Crippen LogP contribution in [0, 0.1) is 17.1 Å². The second-order valence-electron chi connectivity index (χ2n) is 6.95. The highest BCUT2D eigenvalue weighted by Crippen LogP contribution is 2.29. The zero-order valence-electron chi connectivity index (χ0n) is 16.7. The summed E-state index contributed by atoms with van der Waals surface area (Å²) in [7, 11) is 0. The molecule has 9 heteroatoms. The van der Waals surface area contributed by atoms with Crippen LogP contribution in [0.25, 0.3) is 22.6 Å². The molecule has 3 heterocycles. The van der Waals surface area contributed by atoms with E-state index in [1.807, 2.05) is 13.8 Å². The lowest BCUT2D eigenvalue weighted by molar-refractivity contribution is 0.102. The zero-order chi connectivity index (χ0) is 22.0. The Morgan fingerprint density at radius 1 is 1.23 bits per heavy atom. The Bertz CT molecular complexity index is 1300. The van der Waals surface area contributed by atoms with E-state index in [-0.39, 0.29) is 22.9 Å². The average Bonchev–Trinajstić information content (AvgIpc) is 3.41. The summed E-state index contributed by atoms with van der Waals surface area (Å²) in [6.45, 7) is 3.85. The number of carbonyl (C=O) groups excluding carboxylic acids is 1. The number of anilines is 1. The molecule has 0 saturated heterocycles. The predicted molar refractivity (Wildman–Crippen MR) is 116 cm³/mol. The highest BCUT2D eigenvalue weighted by atomic mass is 32.1. The zero-order valence-corrected chi connectivity index (χ0v) is 17.5. The third-order valence-corrected chi connectivity index (χ3v) is 5.29. The van der Waals surface area contributed by atoms with Crippen molar-refractivity contribution in [3.05, 3.63) is 71.1 Å². The molecule has 0 bridgehead atoms. The lowest BCUT2D eigenvalue weighted by Crippen LogP contribution is -2.12. The molecule has 1 aromatic carbocycles. The maximum atomic E-state index is 14.4. The van der Waals surface area contributed by atoms with Gasteiger partial charge in [-0.15, -0.1) is 11.3 Å². The molecule has 1 amide bonds. The van der Waals surface area contributed by atoms with E-state index in [0.717, 1.165) is 0 Å². The molecule has 0 radical (unpaired) electrons. The van der Waals surface area contributed by atoms with Gasteiger partial charge in [0.15, 0.2) is 5.13 Å². The average molecular weight is 432 g/mol. The van der Waals surface area contributed by atoms with Crippen LogP contribution >= 0.6 is 11.3 Å². The number of hydrogen-bond acceptors (Lipinski definition) is 6. The van der Waals surface area contributed by atoms with Crippen LogP contribution in [-0.2, 0) is 0 Å². The first-order valence-electron chi connectivity index (χ1n) is 9.44. The molecule has 0 atom stereocenters. The second-order valence-corrected chi connectivity index (χ2v) is 7.81. The van der Waals surface area contributed by atoms with Crippen LogP contribution in [0.1, 0.15) is 35.8 Å². The monoisotopic (exact) mass is 432 g/mol. The molecule has 4 rings (SSSR count). The standard InChI is InChI=1S/C22H17FN6OS/c1-13(2)29-11-16(20(28-29)15-7-3-4-8-17(15)23)21(30)27-22-26-18(12-31-22)19-14(10-24)6-5-9-25-19/h3-9,11-13H,1-2H3,(H,26,27,30). The van der Waals surface area contributed by atoms with Gasteiger partial charge in [0.1, 0.15) is 29.0 Å². The van der Waals surface area contributed by atoms with Crippen molar-refractivity contribution >= 4 is 22.4 Å². The minimum Gasteiger partial charge on any atom is -0.298 e. The van der Waals surface area contributed by atoms with Gasteiger partial charge in [0.25, 0.3) is 5.91 Å². The van der Waals surface area contributed by atoms with E-state index in [1.54, 1.807) is 52.8 Å². The van der Waals surface area contributed by atoms with Crippen molar-refractivity contribution in [1.82, 2.24) is 19.7 Å². The topological polar surface area (TPSA) is 96.5 Å². The molecule has 7 nitrogen and oxygen atoms in total.